The molecule has 1 N–H and O–H groups in total. The number of anilines is 1. The van der Waals surface area contributed by atoms with E-state index in [1.807, 2.05) is 13.0 Å². The average molecular weight is 190 g/mol. The Balaban J connectivity index is 2.84. The SMILES string of the molecule is C#CC(CC)Nc1ccn(C)c(=O)c1. The van der Waals surface area contributed by atoms with Gasteiger partial charge in [0.05, 0.1) is 6.04 Å². The predicted octanol–water partition coefficient (Wildman–Crippen LogP) is 1.21. The molecule has 0 aliphatic rings. The molecule has 0 saturated heterocycles. The summed E-state index contributed by atoms with van der Waals surface area (Å²) >= 11 is 0. The molecule has 0 aliphatic heterocycles. The Morgan fingerprint density at radius 1 is 1.71 bits per heavy atom. The summed E-state index contributed by atoms with van der Waals surface area (Å²) in [7, 11) is 1.71. The number of hydrogen-bond donors (Lipinski definition) is 1. The molecule has 0 aromatic carbocycles. The molecular formula is C11H14N2O. The lowest BCUT2D eigenvalue weighted by atomic mass is 10.2. The highest BCUT2D eigenvalue weighted by atomic mass is 16.1. The van der Waals surface area contributed by atoms with Crippen molar-refractivity contribution in [3.8, 4) is 12.3 Å². The first kappa shape index (κ1) is 10.4. The van der Waals surface area contributed by atoms with E-state index in [1.54, 1.807) is 19.3 Å². The number of aryl methyl sites for hydroxylation is 1. The Hall–Kier alpha value is -1.69. The summed E-state index contributed by atoms with van der Waals surface area (Å²) in [5.74, 6) is 2.61. The number of nitrogens with zero attached hydrogens (tertiary/aromatic N) is 1. The van der Waals surface area contributed by atoms with Crippen LogP contribution >= 0.6 is 0 Å². The van der Waals surface area contributed by atoms with Gasteiger partial charge in [0, 0.05) is 25.0 Å². The molecule has 0 bridgehead atoms. The van der Waals surface area contributed by atoms with Crippen molar-refractivity contribution in [2.75, 3.05) is 5.32 Å². The van der Waals surface area contributed by atoms with E-state index in [0.717, 1.165) is 12.1 Å². The van der Waals surface area contributed by atoms with Crippen LogP contribution in [0.4, 0.5) is 5.69 Å². The quantitative estimate of drug-likeness (QED) is 0.727. The summed E-state index contributed by atoms with van der Waals surface area (Å²) in [5.41, 5.74) is 0.736. The first-order valence-electron chi connectivity index (χ1n) is 4.56. The fourth-order valence-electron chi connectivity index (χ4n) is 1.10. The molecule has 1 aromatic rings. The summed E-state index contributed by atoms with van der Waals surface area (Å²) < 4.78 is 1.52. The zero-order valence-corrected chi connectivity index (χ0v) is 8.45. The Bertz CT molecular complexity index is 400. The van der Waals surface area contributed by atoms with E-state index >= 15 is 0 Å². The van der Waals surface area contributed by atoms with E-state index in [9.17, 15) is 4.79 Å². The number of aromatic nitrogens is 1. The third kappa shape index (κ3) is 2.40. The van der Waals surface area contributed by atoms with Crippen LogP contribution in [0.25, 0.3) is 0 Å². The van der Waals surface area contributed by atoms with Crippen LogP contribution in [-0.2, 0) is 7.05 Å². The molecule has 0 amide bonds. The molecular weight excluding hydrogens is 176 g/mol. The third-order valence-electron chi connectivity index (χ3n) is 2.05. The Morgan fingerprint density at radius 2 is 2.43 bits per heavy atom. The number of nitrogens with one attached hydrogen (secondary N) is 1. The van der Waals surface area contributed by atoms with E-state index in [-0.39, 0.29) is 11.6 Å². The fourth-order valence-corrected chi connectivity index (χ4v) is 1.10. The summed E-state index contributed by atoms with van der Waals surface area (Å²) in [4.78, 5) is 11.3. The molecule has 0 fully saturated rings. The predicted molar refractivity (Wildman–Crippen MR) is 58.2 cm³/mol. The summed E-state index contributed by atoms with van der Waals surface area (Å²) in [5, 5.41) is 3.10. The normalized spacial score (nSPS) is 11.8. The minimum absolute atomic E-state index is 0.0119. The maximum absolute atomic E-state index is 11.3. The van der Waals surface area contributed by atoms with Crippen molar-refractivity contribution in [3.63, 3.8) is 0 Å². The molecule has 0 spiro atoms. The molecule has 14 heavy (non-hydrogen) atoms. The van der Waals surface area contributed by atoms with Gasteiger partial charge < -0.3 is 9.88 Å². The van der Waals surface area contributed by atoms with Gasteiger partial charge in [-0.05, 0) is 12.5 Å². The molecule has 0 aliphatic carbocycles. The second-order valence-electron chi connectivity index (χ2n) is 3.14. The number of terminal acetylenes is 1. The zero-order chi connectivity index (χ0) is 10.6. The fraction of sp³-hybridized carbons (Fsp3) is 0.364. The molecule has 1 atom stereocenters. The molecule has 74 valence electrons. The number of hydrogen-bond acceptors (Lipinski definition) is 2. The van der Waals surface area contributed by atoms with Crippen LogP contribution in [0, 0.1) is 12.3 Å². The van der Waals surface area contributed by atoms with Crippen LogP contribution in [0.2, 0.25) is 0 Å². The van der Waals surface area contributed by atoms with E-state index < -0.39 is 0 Å². The summed E-state index contributed by atoms with van der Waals surface area (Å²) in [6.45, 7) is 2.00. The Kier molecular flexibility index (Phi) is 3.35. The van der Waals surface area contributed by atoms with Crippen LogP contribution < -0.4 is 10.9 Å². The lowest BCUT2D eigenvalue weighted by Gasteiger charge is -2.11. The van der Waals surface area contributed by atoms with Gasteiger partial charge in [-0.25, -0.2) is 0 Å². The lowest BCUT2D eigenvalue weighted by Crippen LogP contribution is -2.20. The van der Waals surface area contributed by atoms with E-state index in [0.29, 0.717) is 0 Å². The molecule has 3 heteroatoms. The Labute approximate surface area is 83.8 Å². The standard InChI is InChI=1S/C11H14N2O/c1-4-9(5-2)12-10-6-7-13(3)11(14)8-10/h1,6-9,12H,5H2,2-3H3. The van der Waals surface area contributed by atoms with Crippen molar-refractivity contribution in [2.24, 2.45) is 7.05 Å². The maximum atomic E-state index is 11.3. The molecule has 0 saturated carbocycles. The molecule has 1 heterocycles. The van der Waals surface area contributed by atoms with E-state index in [1.165, 1.54) is 4.57 Å². The first-order chi connectivity index (χ1) is 6.67. The lowest BCUT2D eigenvalue weighted by molar-refractivity contribution is 0.839. The van der Waals surface area contributed by atoms with Crippen LogP contribution in [0.3, 0.4) is 0 Å². The highest BCUT2D eigenvalue weighted by Crippen LogP contribution is 2.05. The molecule has 3 nitrogen and oxygen atoms in total. The van der Waals surface area contributed by atoms with Crippen LogP contribution in [-0.4, -0.2) is 10.6 Å². The van der Waals surface area contributed by atoms with E-state index in [2.05, 4.69) is 11.2 Å². The average Bonchev–Trinajstić information content (AvgIpc) is 2.19. The minimum Gasteiger partial charge on any atom is -0.371 e. The Morgan fingerprint density at radius 3 is 2.93 bits per heavy atom. The van der Waals surface area contributed by atoms with Crippen LogP contribution in [0.15, 0.2) is 23.1 Å². The van der Waals surface area contributed by atoms with Crippen molar-refractivity contribution in [2.45, 2.75) is 19.4 Å². The van der Waals surface area contributed by atoms with Gasteiger partial charge in [-0.15, -0.1) is 6.42 Å². The van der Waals surface area contributed by atoms with Crippen molar-refractivity contribution in [1.82, 2.24) is 4.57 Å². The third-order valence-corrected chi connectivity index (χ3v) is 2.05. The van der Waals surface area contributed by atoms with Gasteiger partial charge in [0.2, 0.25) is 0 Å². The number of rotatable bonds is 3. The van der Waals surface area contributed by atoms with Crippen molar-refractivity contribution in [3.05, 3.63) is 28.7 Å². The van der Waals surface area contributed by atoms with Gasteiger partial charge >= 0.3 is 0 Å². The highest BCUT2D eigenvalue weighted by Gasteiger charge is 2.01. The molecule has 0 radical (unpaired) electrons. The second-order valence-corrected chi connectivity index (χ2v) is 3.14. The van der Waals surface area contributed by atoms with Gasteiger partial charge in [-0.2, -0.15) is 0 Å². The number of pyridine rings is 1. The van der Waals surface area contributed by atoms with Gasteiger partial charge in [-0.3, -0.25) is 4.79 Å². The summed E-state index contributed by atoms with van der Waals surface area (Å²) in [6.07, 6.45) is 7.86. The maximum Gasteiger partial charge on any atom is 0.252 e. The monoisotopic (exact) mass is 190 g/mol. The van der Waals surface area contributed by atoms with E-state index in [4.69, 9.17) is 6.42 Å². The largest absolute Gasteiger partial charge is 0.371 e. The molecule has 1 aromatic heterocycles. The second kappa shape index (κ2) is 4.52. The highest BCUT2D eigenvalue weighted by molar-refractivity contribution is 5.43. The molecule has 1 rings (SSSR count). The first-order valence-corrected chi connectivity index (χ1v) is 4.56. The van der Waals surface area contributed by atoms with Crippen LogP contribution in [0.1, 0.15) is 13.3 Å². The minimum atomic E-state index is -0.0399. The van der Waals surface area contributed by atoms with Gasteiger partial charge in [0.25, 0.3) is 5.56 Å². The van der Waals surface area contributed by atoms with Gasteiger partial charge in [-0.1, -0.05) is 12.8 Å². The van der Waals surface area contributed by atoms with Crippen molar-refractivity contribution >= 4 is 5.69 Å². The smallest absolute Gasteiger partial charge is 0.252 e. The van der Waals surface area contributed by atoms with Crippen LogP contribution in [0.5, 0.6) is 0 Å². The van der Waals surface area contributed by atoms with Crippen molar-refractivity contribution < 1.29 is 0 Å². The zero-order valence-electron chi connectivity index (χ0n) is 8.45. The van der Waals surface area contributed by atoms with Gasteiger partial charge in [0.1, 0.15) is 0 Å². The summed E-state index contributed by atoms with van der Waals surface area (Å²) in [6, 6.07) is 3.36. The topological polar surface area (TPSA) is 34.0 Å². The molecule has 1 unspecified atom stereocenters. The van der Waals surface area contributed by atoms with Crippen molar-refractivity contribution in [1.29, 1.82) is 0 Å². The van der Waals surface area contributed by atoms with Gasteiger partial charge in [0.15, 0.2) is 0 Å².